The molecule has 2 aliphatic carbocycles. The summed E-state index contributed by atoms with van der Waals surface area (Å²) >= 11 is 0. The zero-order chi connectivity index (χ0) is 14.4. The molecule has 0 amide bonds. The minimum absolute atomic E-state index is 0.335. The zero-order valence-electron chi connectivity index (χ0n) is 12.5. The van der Waals surface area contributed by atoms with E-state index >= 15 is 0 Å². The number of aromatic nitrogens is 3. The van der Waals surface area contributed by atoms with Crippen LogP contribution in [-0.4, -0.2) is 26.7 Å². The molecule has 0 bridgehead atoms. The lowest BCUT2D eigenvalue weighted by Crippen LogP contribution is -2.22. The van der Waals surface area contributed by atoms with Crippen LogP contribution in [-0.2, 0) is 0 Å². The van der Waals surface area contributed by atoms with Crippen molar-refractivity contribution in [3.8, 4) is 0 Å². The first kappa shape index (κ1) is 13.1. The second-order valence-corrected chi connectivity index (χ2v) is 6.71. The normalized spacial score (nSPS) is 27.1. The van der Waals surface area contributed by atoms with Crippen LogP contribution < -0.4 is 11.1 Å². The van der Waals surface area contributed by atoms with Crippen molar-refractivity contribution in [3.05, 3.63) is 24.0 Å². The van der Waals surface area contributed by atoms with Crippen molar-refractivity contribution in [2.24, 2.45) is 11.7 Å². The van der Waals surface area contributed by atoms with Gasteiger partial charge in [0.15, 0.2) is 5.65 Å². The molecule has 2 aromatic heterocycles. The molecule has 21 heavy (non-hydrogen) atoms. The van der Waals surface area contributed by atoms with Crippen LogP contribution in [0.15, 0.2) is 18.3 Å². The highest BCUT2D eigenvalue weighted by Gasteiger charge is 2.30. The first-order valence-corrected chi connectivity index (χ1v) is 8.07. The Hall–Kier alpha value is -1.62. The summed E-state index contributed by atoms with van der Waals surface area (Å²) in [6, 6.07) is 4.96. The maximum atomic E-state index is 6.02. The Balaban J connectivity index is 1.66. The van der Waals surface area contributed by atoms with Crippen molar-refractivity contribution in [2.75, 3.05) is 5.32 Å². The predicted octanol–water partition coefficient (Wildman–Crippen LogP) is 2.53. The number of hydrogen-bond donors (Lipinski definition) is 2. The van der Waals surface area contributed by atoms with Crippen LogP contribution in [0.25, 0.3) is 5.65 Å². The van der Waals surface area contributed by atoms with Gasteiger partial charge in [0.2, 0.25) is 0 Å². The molecule has 0 aliphatic heterocycles. The molecule has 0 spiro atoms. The SMILES string of the molecule is C[C@@H](c1cc(N[C@H]2CC[C@H](N)C2)n2nccc2n1)C1CC1. The minimum atomic E-state index is 0.335. The summed E-state index contributed by atoms with van der Waals surface area (Å²) in [4.78, 5) is 4.78. The molecule has 4 rings (SSSR count). The van der Waals surface area contributed by atoms with E-state index in [1.165, 1.54) is 18.5 Å². The Bertz CT molecular complexity index is 645. The molecule has 2 heterocycles. The number of anilines is 1. The Kier molecular flexibility index (Phi) is 3.10. The van der Waals surface area contributed by atoms with Gasteiger partial charge in [-0.15, -0.1) is 0 Å². The van der Waals surface area contributed by atoms with Crippen LogP contribution in [0.3, 0.4) is 0 Å². The second kappa shape index (κ2) is 4.98. The van der Waals surface area contributed by atoms with E-state index in [-0.39, 0.29) is 0 Å². The number of rotatable bonds is 4. The lowest BCUT2D eigenvalue weighted by molar-refractivity contribution is 0.641. The average Bonchev–Trinajstić information content (AvgIpc) is 3.07. The smallest absolute Gasteiger partial charge is 0.157 e. The second-order valence-electron chi connectivity index (χ2n) is 6.71. The van der Waals surface area contributed by atoms with Gasteiger partial charge in [-0.1, -0.05) is 6.92 Å². The van der Waals surface area contributed by atoms with Gasteiger partial charge in [-0.25, -0.2) is 4.98 Å². The maximum absolute atomic E-state index is 6.02. The van der Waals surface area contributed by atoms with Gasteiger partial charge in [-0.2, -0.15) is 9.61 Å². The van der Waals surface area contributed by atoms with Crippen LogP contribution in [0.4, 0.5) is 5.82 Å². The van der Waals surface area contributed by atoms with Gasteiger partial charge in [-0.05, 0) is 38.0 Å². The molecule has 3 atom stereocenters. The van der Waals surface area contributed by atoms with E-state index in [9.17, 15) is 0 Å². The van der Waals surface area contributed by atoms with Gasteiger partial charge >= 0.3 is 0 Å². The fraction of sp³-hybridized carbons (Fsp3) is 0.625. The molecular formula is C16H23N5. The van der Waals surface area contributed by atoms with Crippen molar-refractivity contribution in [2.45, 2.75) is 57.0 Å². The topological polar surface area (TPSA) is 68.2 Å². The van der Waals surface area contributed by atoms with E-state index in [1.54, 1.807) is 0 Å². The summed E-state index contributed by atoms with van der Waals surface area (Å²) < 4.78 is 1.91. The van der Waals surface area contributed by atoms with E-state index in [0.29, 0.717) is 18.0 Å². The molecule has 0 saturated heterocycles. The van der Waals surface area contributed by atoms with Crippen molar-refractivity contribution in [1.29, 1.82) is 0 Å². The van der Waals surface area contributed by atoms with Crippen molar-refractivity contribution >= 4 is 11.5 Å². The lowest BCUT2D eigenvalue weighted by Gasteiger charge is -2.17. The summed E-state index contributed by atoms with van der Waals surface area (Å²) in [5, 5.41) is 8.04. The molecule has 0 radical (unpaired) electrons. The van der Waals surface area contributed by atoms with E-state index < -0.39 is 0 Å². The molecule has 0 aromatic carbocycles. The van der Waals surface area contributed by atoms with Gasteiger partial charge in [0.05, 0.1) is 6.20 Å². The molecule has 0 unspecified atom stereocenters. The molecule has 2 aliphatic rings. The summed E-state index contributed by atoms with van der Waals surface area (Å²) in [5.74, 6) is 2.42. The van der Waals surface area contributed by atoms with Crippen LogP contribution in [0.1, 0.15) is 50.6 Å². The zero-order valence-corrected chi connectivity index (χ0v) is 12.5. The predicted molar refractivity (Wildman–Crippen MR) is 83.4 cm³/mol. The first-order chi connectivity index (χ1) is 10.2. The number of nitrogens with zero attached hydrogens (tertiary/aromatic N) is 3. The lowest BCUT2D eigenvalue weighted by atomic mass is 10.0. The molecule has 2 aromatic rings. The van der Waals surface area contributed by atoms with E-state index in [1.807, 2.05) is 16.8 Å². The monoisotopic (exact) mass is 285 g/mol. The fourth-order valence-corrected chi connectivity index (χ4v) is 3.46. The Morgan fingerprint density at radius 1 is 1.33 bits per heavy atom. The summed E-state index contributed by atoms with van der Waals surface area (Å²) in [7, 11) is 0. The van der Waals surface area contributed by atoms with Gasteiger partial charge in [0, 0.05) is 35.8 Å². The largest absolute Gasteiger partial charge is 0.367 e. The highest BCUT2D eigenvalue weighted by Crippen LogP contribution is 2.42. The maximum Gasteiger partial charge on any atom is 0.157 e. The highest BCUT2D eigenvalue weighted by atomic mass is 15.3. The molecule has 5 nitrogen and oxygen atoms in total. The van der Waals surface area contributed by atoms with E-state index in [2.05, 4.69) is 23.4 Å². The van der Waals surface area contributed by atoms with Crippen LogP contribution in [0, 0.1) is 5.92 Å². The summed E-state index contributed by atoms with van der Waals surface area (Å²) in [6.45, 7) is 2.29. The Morgan fingerprint density at radius 3 is 2.90 bits per heavy atom. The van der Waals surface area contributed by atoms with Crippen molar-refractivity contribution in [3.63, 3.8) is 0 Å². The first-order valence-electron chi connectivity index (χ1n) is 8.07. The number of nitrogens with two attached hydrogens (primary N) is 1. The van der Waals surface area contributed by atoms with Crippen molar-refractivity contribution in [1.82, 2.24) is 14.6 Å². The molecule has 2 fully saturated rings. The average molecular weight is 285 g/mol. The molecular weight excluding hydrogens is 262 g/mol. The third kappa shape index (κ3) is 2.50. The third-order valence-corrected chi connectivity index (χ3v) is 5.00. The third-order valence-electron chi connectivity index (χ3n) is 5.00. The fourth-order valence-electron chi connectivity index (χ4n) is 3.46. The van der Waals surface area contributed by atoms with Crippen LogP contribution in [0.2, 0.25) is 0 Å². The van der Waals surface area contributed by atoms with E-state index in [4.69, 9.17) is 10.7 Å². The van der Waals surface area contributed by atoms with Crippen molar-refractivity contribution < 1.29 is 0 Å². The Morgan fingerprint density at radius 2 is 2.19 bits per heavy atom. The summed E-state index contributed by atoms with van der Waals surface area (Å²) in [5.41, 5.74) is 8.15. The standard InChI is InChI=1S/C16H23N5/c1-10(11-2-3-11)14-9-16(19-13-5-4-12(17)8-13)21-15(20-14)6-7-18-21/h6-7,9-13,19H,2-5,8,17H2,1H3/t10-,12+,13+/m1/s1. The van der Waals surface area contributed by atoms with Gasteiger partial charge in [0.1, 0.15) is 5.82 Å². The molecule has 5 heteroatoms. The highest BCUT2D eigenvalue weighted by molar-refractivity contribution is 5.50. The van der Waals surface area contributed by atoms with Gasteiger partial charge in [-0.3, -0.25) is 0 Å². The molecule has 3 N–H and O–H groups in total. The number of nitrogens with one attached hydrogen (secondary N) is 1. The van der Waals surface area contributed by atoms with Crippen LogP contribution in [0.5, 0.6) is 0 Å². The number of hydrogen-bond acceptors (Lipinski definition) is 4. The Labute approximate surface area is 124 Å². The summed E-state index contributed by atoms with van der Waals surface area (Å²) in [6.07, 6.45) is 7.79. The van der Waals surface area contributed by atoms with Crippen LogP contribution >= 0.6 is 0 Å². The molecule has 2 saturated carbocycles. The van der Waals surface area contributed by atoms with Gasteiger partial charge in [0.25, 0.3) is 0 Å². The molecule has 112 valence electrons. The van der Waals surface area contributed by atoms with E-state index in [0.717, 1.165) is 36.6 Å². The number of fused-ring (bicyclic) bond motifs is 1. The quantitative estimate of drug-likeness (QED) is 0.906. The van der Waals surface area contributed by atoms with Gasteiger partial charge < -0.3 is 11.1 Å². The minimum Gasteiger partial charge on any atom is -0.367 e.